The van der Waals surface area contributed by atoms with Gasteiger partial charge in [0.2, 0.25) is 5.78 Å². The number of imidazole rings is 1. The first kappa shape index (κ1) is 13.9. The van der Waals surface area contributed by atoms with Crippen LogP contribution >= 0.6 is 0 Å². The highest BCUT2D eigenvalue weighted by atomic mass is 16.1. The molecule has 3 aromatic carbocycles. The summed E-state index contributed by atoms with van der Waals surface area (Å²) in [5, 5.41) is 2.06. The van der Waals surface area contributed by atoms with E-state index in [1.54, 1.807) is 0 Å². The number of para-hydroxylation sites is 2. The van der Waals surface area contributed by atoms with E-state index in [-0.39, 0.29) is 5.78 Å². The van der Waals surface area contributed by atoms with Crippen molar-refractivity contribution in [1.82, 2.24) is 9.38 Å². The summed E-state index contributed by atoms with van der Waals surface area (Å²) < 4.78 is 1.98. The van der Waals surface area contributed by atoms with Gasteiger partial charge >= 0.3 is 0 Å². The highest BCUT2D eigenvalue weighted by Gasteiger charge is 2.18. The molecule has 0 aliphatic rings. The van der Waals surface area contributed by atoms with E-state index in [1.807, 2.05) is 89.3 Å². The van der Waals surface area contributed by atoms with Gasteiger partial charge in [-0.2, -0.15) is 0 Å². The van der Waals surface area contributed by atoms with Gasteiger partial charge in [-0.15, -0.1) is 0 Å². The van der Waals surface area contributed by atoms with E-state index in [0.29, 0.717) is 11.3 Å². The lowest BCUT2D eigenvalue weighted by Crippen LogP contribution is -2.08. The predicted octanol–water partition coefficient (Wildman–Crippen LogP) is 4.87. The first-order valence-electron chi connectivity index (χ1n) is 8.21. The second-order valence-electron chi connectivity index (χ2n) is 6.07. The minimum atomic E-state index is -0.000457. The minimum absolute atomic E-state index is 0.000457. The van der Waals surface area contributed by atoms with E-state index in [1.165, 1.54) is 0 Å². The fourth-order valence-electron chi connectivity index (χ4n) is 3.39. The van der Waals surface area contributed by atoms with Crippen LogP contribution in [0.1, 0.15) is 16.1 Å². The highest BCUT2D eigenvalue weighted by molar-refractivity contribution is 6.12. The Morgan fingerprint density at radius 1 is 0.800 bits per heavy atom. The second kappa shape index (κ2) is 5.28. The lowest BCUT2D eigenvalue weighted by molar-refractivity contribution is 0.103. The number of pyridine rings is 1. The Bertz CT molecular complexity index is 1250. The van der Waals surface area contributed by atoms with Crippen LogP contribution in [0.25, 0.3) is 27.5 Å². The summed E-state index contributed by atoms with van der Waals surface area (Å²) in [4.78, 5) is 18.0. The molecule has 2 heterocycles. The maximum absolute atomic E-state index is 13.2. The topological polar surface area (TPSA) is 34.4 Å². The Morgan fingerprint density at radius 3 is 2.40 bits per heavy atom. The van der Waals surface area contributed by atoms with Crippen molar-refractivity contribution < 1.29 is 4.79 Å². The van der Waals surface area contributed by atoms with Gasteiger partial charge in [0.05, 0.1) is 16.7 Å². The van der Waals surface area contributed by atoms with Crippen molar-refractivity contribution in [3.63, 3.8) is 0 Å². The Balaban J connectivity index is 1.95. The summed E-state index contributed by atoms with van der Waals surface area (Å²) in [7, 11) is 0. The molecule has 0 atom stereocenters. The first-order chi connectivity index (χ1) is 12.3. The number of fused-ring (bicyclic) bond motifs is 5. The number of carbonyl (C=O) groups is 1. The SMILES string of the molecule is O=C(c1ccccc1)c1cc2ccccc2c2nc3ccccc3n12. The van der Waals surface area contributed by atoms with Crippen LogP contribution in [0.5, 0.6) is 0 Å². The van der Waals surface area contributed by atoms with Crippen molar-refractivity contribution >= 4 is 33.2 Å². The van der Waals surface area contributed by atoms with Gasteiger partial charge in [-0.25, -0.2) is 4.98 Å². The standard InChI is InChI=1S/C22H14N2O/c25-21(15-8-2-1-3-9-15)20-14-16-10-4-5-11-17(16)22-23-18-12-6-7-13-19(18)24(20)22/h1-14H. The quantitative estimate of drug-likeness (QED) is 0.434. The average Bonchev–Trinajstić information content (AvgIpc) is 3.07. The molecule has 5 aromatic rings. The number of ketones is 1. The summed E-state index contributed by atoms with van der Waals surface area (Å²) in [6.07, 6.45) is 0. The van der Waals surface area contributed by atoms with Gasteiger partial charge in [0.25, 0.3) is 0 Å². The fraction of sp³-hybridized carbons (Fsp3) is 0. The summed E-state index contributed by atoms with van der Waals surface area (Å²) in [6, 6.07) is 27.3. The molecule has 2 aromatic heterocycles. The number of benzene rings is 3. The summed E-state index contributed by atoms with van der Waals surface area (Å²) >= 11 is 0. The van der Waals surface area contributed by atoms with Crippen LogP contribution in [-0.2, 0) is 0 Å². The molecule has 3 heteroatoms. The molecule has 25 heavy (non-hydrogen) atoms. The monoisotopic (exact) mass is 322 g/mol. The maximum atomic E-state index is 13.2. The molecule has 5 rings (SSSR count). The van der Waals surface area contributed by atoms with E-state index >= 15 is 0 Å². The van der Waals surface area contributed by atoms with Crippen LogP contribution in [0, 0.1) is 0 Å². The summed E-state index contributed by atoms with van der Waals surface area (Å²) in [5.74, 6) is -0.000457. The molecule has 0 aliphatic heterocycles. The lowest BCUT2D eigenvalue weighted by atomic mass is 10.0. The van der Waals surface area contributed by atoms with E-state index in [9.17, 15) is 4.79 Å². The molecular formula is C22H14N2O. The van der Waals surface area contributed by atoms with Gasteiger partial charge in [-0.3, -0.25) is 9.20 Å². The highest BCUT2D eigenvalue weighted by Crippen LogP contribution is 2.27. The molecule has 0 bridgehead atoms. The summed E-state index contributed by atoms with van der Waals surface area (Å²) in [5.41, 5.74) is 3.97. The lowest BCUT2D eigenvalue weighted by Gasteiger charge is -2.09. The van der Waals surface area contributed by atoms with Gasteiger partial charge in [0.1, 0.15) is 5.65 Å². The molecule has 0 radical (unpaired) electrons. The third-order valence-corrected chi connectivity index (χ3v) is 4.56. The molecule has 0 aliphatic carbocycles. The molecule has 3 nitrogen and oxygen atoms in total. The van der Waals surface area contributed by atoms with Crippen LogP contribution in [0.15, 0.2) is 84.9 Å². The average molecular weight is 322 g/mol. The largest absolute Gasteiger partial charge is 0.288 e. The van der Waals surface area contributed by atoms with Crippen molar-refractivity contribution in [2.24, 2.45) is 0 Å². The molecule has 0 spiro atoms. The number of hydrogen-bond donors (Lipinski definition) is 0. The molecule has 0 fully saturated rings. The molecule has 0 unspecified atom stereocenters. The van der Waals surface area contributed by atoms with Crippen molar-refractivity contribution in [2.45, 2.75) is 0 Å². The Labute approximate surface area is 144 Å². The van der Waals surface area contributed by atoms with Crippen LogP contribution < -0.4 is 0 Å². The minimum Gasteiger partial charge on any atom is -0.288 e. The van der Waals surface area contributed by atoms with Crippen LogP contribution in [0.2, 0.25) is 0 Å². The molecule has 0 amide bonds. The van der Waals surface area contributed by atoms with E-state index in [2.05, 4.69) is 0 Å². The van der Waals surface area contributed by atoms with Crippen molar-refractivity contribution in [1.29, 1.82) is 0 Å². The van der Waals surface area contributed by atoms with Crippen molar-refractivity contribution in [3.8, 4) is 0 Å². The van der Waals surface area contributed by atoms with E-state index < -0.39 is 0 Å². The number of nitrogens with zero attached hydrogens (tertiary/aromatic N) is 2. The molecule has 0 saturated carbocycles. The molecule has 0 N–H and O–H groups in total. The van der Waals surface area contributed by atoms with Gasteiger partial charge in [-0.1, -0.05) is 66.7 Å². The smallest absolute Gasteiger partial charge is 0.209 e. The fourth-order valence-corrected chi connectivity index (χ4v) is 3.39. The van der Waals surface area contributed by atoms with Gasteiger partial charge < -0.3 is 0 Å². The zero-order valence-corrected chi connectivity index (χ0v) is 13.4. The number of aromatic nitrogens is 2. The molecular weight excluding hydrogens is 308 g/mol. The van der Waals surface area contributed by atoms with E-state index in [4.69, 9.17) is 4.98 Å². The van der Waals surface area contributed by atoms with Gasteiger partial charge in [0.15, 0.2) is 0 Å². The normalized spacial score (nSPS) is 11.4. The maximum Gasteiger partial charge on any atom is 0.209 e. The van der Waals surface area contributed by atoms with E-state index in [0.717, 1.165) is 27.5 Å². The number of carbonyl (C=O) groups excluding carboxylic acids is 1. The number of hydrogen-bond acceptors (Lipinski definition) is 2. The molecule has 118 valence electrons. The van der Waals surface area contributed by atoms with Crippen LogP contribution in [0.4, 0.5) is 0 Å². The van der Waals surface area contributed by atoms with Gasteiger partial charge in [-0.05, 0) is 23.6 Å². The Morgan fingerprint density at radius 2 is 1.52 bits per heavy atom. The zero-order chi connectivity index (χ0) is 16.8. The van der Waals surface area contributed by atoms with Crippen LogP contribution in [-0.4, -0.2) is 15.2 Å². The Hall–Kier alpha value is -3.46. The summed E-state index contributed by atoms with van der Waals surface area (Å²) in [6.45, 7) is 0. The number of rotatable bonds is 2. The predicted molar refractivity (Wildman–Crippen MR) is 100 cm³/mol. The third-order valence-electron chi connectivity index (χ3n) is 4.56. The van der Waals surface area contributed by atoms with Crippen molar-refractivity contribution in [2.75, 3.05) is 0 Å². The van der Waals surface area contributed by atoms with Crippen molar-refractivity contribution in [3.05, 3.63) is 96.2 Å². The van der Waals surface area contributed by atoms with Crippen LogP contribution in [0.3, 0.4) is 0 Å². The second-order valence-corrected chi connectivity index (χ2v) is 6.07. The van der Waals surface area contributed by atoms with Gasteiger partial charge in [0, 0.05) is 10.9 Å². The third kappa shape index (κ3) is 2.06. The first-order valence-corrected chi connectivity index (χ1v) is 8.21. The zero-order valence-electron chi connectivity index (χ0n) is 13.4. The molecule has 0 saturated heterocycles. The Kier molecular flexibility index (Phi) is 2.94.